The van der Waals surface area contributed by atoms with E-state index in [9.17, 15) is 32.3 Å². The number of fused-ring (bicyclic) bond motifs is 1. The second-order valence-electron chi connectivity index (χ2n) is 7.77. The first-order chi connectivity index (χ1) is 15.5. The van der Waals surface area contributed by atoms with Crippen molar-refractivity contribution in [3.8, 4) is 0 Å². The third-order valence-corrected chi connectivity index (χ3v) is 5.84. The molecule has 33 heavy (non-hydrogen) atoms. The Hall–Kier alpha value is -3.40. The van der Waals surface area contributed by atoms with Crippen LogP contribution in [0.25, 0.3) is 0 Å². The van der Waals surface area contributed by atoms with Crippen molar-refractivity contribution in [3.63, 3.8) is 0 Å². The summed E-state index contributed by atoms with van der Waals surface area (Å²) >= 11 is 5.74. The number of imide groups is 1. The van der Waals surface area contributed by atoms with Gasteiger partial charge in [-0.1, -0.05) is 23.7 Å². The SMILES string of the molecule is O=C1CCC(N2Cc3cc(C(=O)NC(c4ccc(Cl)cc4)C(F)(F)F)ccc3C2=O)C(=O)N1. The van der Waals surface area contributed by atoms with Crippen LogP contribution in [0, 0.1) is 0 Å². The summed E-state index contributed by atoms with van der Waals surface area (Å²) in [6, 6.07) is 5.82. The minimum Gasteiger partial charge on any atom is -0.337 e. The molecule has 4 rings (SSSR count). The number of rotatable bonds is 4. The van der Waals surface area contributed by atoms with E-state index < -0.39 is 41.9 Å². The van der Waals surface area contributed by atoms with Gasteiger partial charge < -0.3 is 10.2 Å². The van der Waals surface area contributed by atoms with E-state index in [0.717, 1.165) is 0 Å². The van der Waals surface area contributed by atoms with Gasteiger partial charge in [0.2, 0.25) is 11.8 Å². The molecule has 1 fully saturated rings. The van der Waals surface area contributed by atoms with Crippen molar-refractivity contribution in [2.24, 2.45) is 0 Å². The van der Waals surface area contributed by atoms with Crippen LogP contribution in [-0.2, 0) is 16.1 Å². The maximum atomic E-state index is 13.6. The number of amides is 4. The van der Waals surface area contributed by atoms with Crippen LogP contribution >= 0.6 is 11.6 Å². The van der Waals surface area contributed by atoms with E-state index in [0.29, 0.717) is 5.56 Å². The largest absolute Gasteiger partial charge is 0.412 e. The maximum Gasteiger partial charge on any atom is 0.412 e. The number of piperidine rings is 1. The second kappa shape index (κ2) is 8.51. The highest BCUT2D eigenvalue weighted by Gasteiger charge is 2.43. The van der Waals surface area contributed by atoms with Crippen molar-refractivity contribution in [1.29, 1.82) is 0 Å². The zero-order valence-corrected chi connectivity index (χ0v) is 17.7. The molecule has 4 amide bonds. The molecule has 2 unspecified atom stereocenters. The van der Waals surface area contributed by atoms with Crippen LogP contribution in [0.5, 0.6) is 0 Å². The molecule has 2 aliphatic heterocycles. The lowest BCUT2D eigenvalue weighted by molar-refractivity contribution is -0.155. The van der Waals surface area contributed by atoms with Crippen molar-refractivity contribution >= 4 is 35.2 Å². The van der Waals surface area contributed by atoms with Gasteiger partial charge in [-0.05, 0) is 47.9 Å². The zero-order valence-electron chi connectivity index (χ0n) is 16.9. The average molecular weight is 480 g/mol. The molecule has 11 heteroatoms. The molecular formula is C22H17ClF3N3O4. The minimum absolute atomic E-state index is 0.00144. The van der Waals surface area contributed by atoms with Crippen molar-refractivity contribution in [2.75, 3.05) is 0 Å². The minimum atomic E-state index is -4.75. The van der Waals surface area contributed by atoms with Crippen molar-refractivity contribution in [2.45, 2.75) is 37.6 Å². The highest BCUT2D eigenvalue weighted by molar-refractivity contribution is 6.30. The molecule has 0 radical (unpaired) electrons. The topological polar surface area (TPSA) is 95.6 Å². The fourth-order valence-corrected chi connectivity index (χ4v) is 4.07. The van der Waals surface area contributed by atoms with E-state index in [1.165, 1.54) is 47.4 Å². The summed E-state index contributed by atoms with van der Waals surface area (Å²) in [5.41, 5.74) is 0.421. The van der Waals surface area contributed by atoms with E-state index in [2.05, 4.69) is 5.32 Å². The number of hydrogen-bond donors (Lipinski definition) is 2. The fourth-order valence-electron chi connectivity index (χ4n) is 3.94. The van der Waals surface area contributed by atoms with Gasteiger partial charge in [-0.25, -0.2) is 0 Å². The third-order valence-electron chi connectivity index (χ3n) is 5.59. The maximum absolute atomic E-state index is 13.6. The van der Waals surface area contributed by atoms with E-state index >= 15 is 0 Å². The molecule has 2 aromatic carbocycles. The average Bonchev–Trinajstić information content (AvgIpc) is 3.07. The van der Waals surface area contributed by atoms with Gasteiger partial charge in [0.15, 0.2) is 6.04 Å². The van der Waals surface area contributed by atoms with Crippen LogP contribution in [-0.4, -0.2) is 40.7 Å². The molecule has 7 nitrogen and oxygen atoms in total. The van der Waals surface area contributed by atoms with Crippen LogP contribution < -0.4 is 10.6 Å². The summed E-state index contributed by atoms with van der Waals surface area (Å²) in [6.45, 7) is 0.00144. The molecule has 1 saturated heterocycles. The van der Waals surface area contributed by atoms with Crippen LogP contribution in [0.4, 0.5) is 13.2 Å². The quantitative estimate of drug-likeness (QED) is 0.659. The van der Waals surface area contributed by atoms with Gasteiger partial charge in [-0.15, -0.1) is 0 Å². The number of carbonyl (C=O) groups is 4. The van der Waals surface area contributed by atoms with Crippen LogP contribution in [0.2, 0.25) is 5.02 Å². The monoisotopic (exact) mass is 479 g/mol. The molecule has 2 heterocycles. The van der Waals surface area contributed by atoms with E-state index in [1.807, 2.05) is 5.32 Å². The number of nitrogens with zero attached hydrogens (tertiary/aromatic N) is 1. The Morgan fingerprint density at radius 2 is 1.82 bits per heavy atom. The first-order valence-corrected chi connectivity index (χ1v) is 10.3. The van der Waals surface area contributed by atoms with E-state index in [-0.39, 0.29) is 41.1 Å². The second-order valence-corrected chi connectivity index (χ2v) is 8.21. The van der Waals surface area contributed by atoms with Crippen molar-refractivity contribution < 1.29 is 32.3 Å². The van der Waals surface area contributed by atoms with Gasteiger partial charge in [0, 0.05) is 29.1 Å². The summed E-state index contributed by atoms with van der Waals surface area (Å²) in [4.78, 5) is 50.2. The Labute approximate surface area is 190 Å². The predicted molar refractivity (Wildman–Crippen MR) is 110 cm³/mol. The number of alkyl halides is 3. The Bertz CT molecular complexity index is 1150. The summed E-state index contributed by atoms with van der Waals surface area (Å²) in [7, 11) is 0. The summed E-state index contributed by atoms with van der Waals surface area (Å²) in [5.74, 6) is -2.41. The molecule has 0 bridgehead atoms. The predicted octanol–water partition coefficient (Wildman–Crippen LogP) is 3.13. The van der Waals surface area contributed by atoms with Crippen molar-refractivity contribution in [3.05, 3.63) is 69.7 Å². The smallest absolute Gasteiger partial charge is 0.337 e. The number of benzene rings is 2. The highest BCUT2D eigenvalue weighted by atomic mass is 35.5. The third kappa shape index (κ3) is 4.56. The lowest BCUT2D eigenvalue weighted by Gasteiger charge is -2.29. The van der Waals surface area contributed by atoms with Gasteiger partial charge in [-0.3, -0.25) is 24.5 Å². The van der Waals surface area contributed by atoms with Crippen LogP contribution in [0.3, 0.4) is 0 Å². The van der Waals surface area contributed by atoms with Gasteiger partial charge in [0.1, 0.15) is 6.04 Å². The van der Waals surface area contributed by atoms with Gasteiger partial charge in [0.25, 0.3) is 11.8 Å². The summed E-state index contributed by atoms with van der Waals surface area (Å²) < 4.78 is 40.8. The number of hydrogen-bond acceptors (Lipinski definition) is 4. The van der Waals surface area contributed by atoms with Crippen LogP contribution in [0.1, 0.15) is 50.7 Å². The number of carbonyl (C=O) groups excluding carboxylic acids is 4. The number of halogens is 4. The highest BCUT2D eigenvalue weighted by Crippen LogP contribution is 2.34. The Kier molecular flexibility index (Phi) is 5.87. The molecule has 0 aromatic heterocycles. The lowest BCUT2D eigenvalue weighted by atomic mass is 10.0. The molecule has 0 aliphatic carbocycles. The first-order valence-electron chi connectivity index (χ1n) is 9.95. The summed E-state index contributed by atoms with van der Waals surface area (Å²) in [5, 5.41) is 4.44. The molecule has 2 N–H and O–H groups in total. The van der Waals surface area contributed by atoms with Crippen molar-refractivity contribution in [1.82, 2.24) is 15.5 Å². The number of nitrogens with one attached hydrogen (secondary N) is 2. The Morgan fingerprint density at radius 1 is 1.12 bits per heavy atom. The zero-order chi connectivity index (χ0) is 23.9. The van der Waals surface area contributed by atoms with Gasteiger partial charge in [-0.2, -0.15) is 13.2 Å². The normalized spacial score (nSPS) is 19.2. The van der Waals surface area contributed by atoms with Gasteiger partial charge in [0.05, 0.1) is 0 Å². The molecule has 2 aliphatic rings. The first kappa shape index (κ1) is 22.8. The molecule has 0 saturated carbocycles. The molecule has 2 aromatic rings. The van der Waals surface area contributed by atoms with Gasteiger partial charge >= 0.3 is 6.18 Å². The standard InChI is InChI=1S/C22H17ClF3N3O4/c23-14-4-1-11(2-5-14)18(22(24,25)26)28-19(31)12-3-6-15-13(9-12)10-29(21(15)33)16-7-8-17(30)27-20(16)32/h1-6,9,16,18H,7-8,10H2,(H,28,31)(H,27,30,32). The fraction of sp³-hybridized carbons (Fsp3) is 0.273. The molecular weight excluding hydrogens is 463 g/mol. The molecule has 172 valence electrons. The molecule has 0 spiro atoms. The van der Waals surface area contributed by atoms with E-state index in [4.69, 9.17) is 11.6 Å². The Morgan fingerprint density at radius 3 is 2.45 bits per heavy atom. The van der Waals surface area contributed by atoms with Crippen LogP contribution in [0.15, 0.2) is 42.5 Å². The molecule has 2 atom stereocenters. The van der Waals surface area contributed by atoms with E-state index in [1.54, 1.807) is 0 Å². The Balaban J connectivity index is 1.54. The lowest BCUT2D eigenvalue weighted by Crippen LogP contribution is -2.52. The summed E-state index contributed by atoms with van der Waals surface area (Å²) in [6.07, 6.45) is -4.49.